The highest BCUT2D eigenvalue weighted by molar-refractivity contribution is 7.10. The zero-order valence-corrected chi connectivity index (χ0v) is 13.1. The van der Waals surface area contributed by atoms with Gasteiger partial charge in [-0.15, -0.1) is 34.3 Å². The minimum atomic E-state index is 0.286. The fourth-order valence-electron chi connectivity index (χ4n) is 1.64. The molecule has 98 valence electrons. The molecular weight excluding hydrogens is 286 g/mol. The Bertz CT molecular complexity index is 509. The molecule has 2 heterocycles. The van der Waals surface area contributed by atoms with Gasteiger partial charge in [0.1, 0.15) is 5.01 Å². The van der Waals surface area contributed by atoms with E-state index in [1.165, 1.54) is 0 Å². The highest BCUT2D eigenvalue weighted by Gasteiger charge is 2.16. The standard InChI is InChI=1S/C12H16ClN3S2/c1-8(12-15-10(4-13)6-18-12)16(3)5-11-7-17-9(2)14-11/h6-8H,4-5H2,1-3H3. The molecule has 2 rings (SSSR count). The van der Waals surface area contributed by atoms with Crippen molar-refractivity contribution in [2.45, 2.75) is 32.3 Å². The Morgan fingerprint density at radius 1 is 1.28 bits per heavy atom. The molecule has 18 heavy (non-hydrogen) atoms. The van der Waals surface area contributed by atoms with Crippen LogP contribution in [0.1, 0.15) is 34.4 Å². The maximum Gasteiger partial charge on any atom is 0.110 e. The molecule has 0 spiro atoms. The third-order valence-electron chi connectivity index (χ3n) is 2.80. The summed E-state index contributed by atoms with van der Waals surface area (Å²) in [7, 11) is 2.10. The van der Waals surface area contributed by atoms with Gasteiger partial charge >= 0.3 is 0 Å². The van der Waals surface area contributed by atoms with Crippen molar-refractivity contribution < 1.29 is 0 Å². The van der Waals surface area contributed by atoms with Gasteiger partial charge in [0.2, 0.25) is 0 Å². The van der Waals surface area contributed by atoms with Crippen LogP contribution in [-0.4, -0.2) is 21.9 Å². The van der Waals surface area contributed by atoms with Gasteiger partial charge in [0.15, 0.2) is 0 Å². The molecule has 0 fully saturated rings. The second kappa shape index (κ2) is 6.10. The maximum absolute atomic E-state index is 5.78. The van der Waals surface area contributed by atoms with Crippen LogP contribution >= 0.6 is 34.3 Å². The van der Waals surface area contributed by atoms with Crippen LogP contribution in [0.3, 0.4) is 0 Å². The maximum atomic E-state index is 5.78. The fourth-order valence-corrected chi connectivity index (χ4v) is 3.41. The van der Waals surface area contributed by atoms with Crippen molar-refractivity contribution in [1.29, 1.82) is 0 Å². The number of thiazole rings is 2. The lowest BCUT2D eigenvalue weighted by Crippen LogP contribution is -2.22. The Kier molecular flexibility index (Phi) is 4.72. The van der Waals surface area contributed by atoms with Crippen molar-refractivity contribution in [3.05, 3.63) is 32.2 Å². The molecule has 1 atom stereocenters. The molecule has 1 unspecified atom stereocenters. The van der Waals surface area contributed by atoms with Gasteiger partial charge in [-0.2, -0.15) is 0 Å². The monoisotopic (exact) mass is 301 g/mol. The second-order valence-electron chi connectivity index (χ2n) is 4.26. The summed E-state index contributed by atoms with van der Waals surface area (Å²) < 4.78 is 0. The molecule has 6 heteroatoms. The number of alkyl halides is 1. The number of aromatic nitrogens is 2. The van der Waals surface area contributed by atoms with E-state index in [9.17, 15) is 0 Å². The first-order valence-electron chi connectivity index (χ1n) is 5.71. The van der Waals surface area contributed by atoms with E-state index >= 15 is 0 Å². The van der Waals surface area contributed by atoms with Gasteiger partial charge in [0.25, 0.3) is 0 Å². The molecule has 2 aromatic heterocycles. The van der Waals surface area contributed by atoms with Crippen LogP contribution in [0.25, 0.3) is 0 Å². The first-order valence-corrected chi connectivity index (χ1v) is 8.01. The van der Waals surface area contributed by atoms with Crippen molar-refractivity contribution in [3.63, 3.8) is 0 Å². The summed E-state index contributed by atoms with van der Waals surface area (Å²) in [6, 6.07) is 0.286. The first-order chi connectivity index (χ1) is 8.60. The fraction of sp³-hybridized carbons (Fsp3) is 0.500. The molecule has 0 saturated carbocycles. The van der Waals surface area contributed by atoms with Crippen molar-refractivity contribution >= 4 is 34.3 Å². The van der Waals surface area contributed by atoms with Crippen LogP contribution in [-0.2, 0) is 12.4 Å². The first kappa shape index (κ1) is 13.9. The zero-order valence-electron chi connectivity index (χ0n) is 10.7. The van der Waals surface area contributed by atoms with Crippen LogP contribution in [0.15, 0.2) is 10.8 Å². The third-order valence-corrected chi connectivity index (χ3v) is 4.96. The Morgan fingerprint density at radius 2 is 2.00 bits per heavy atom. The SMILES string of the molecule is Cc1nc(CN(C)C(C)c2nc(CCl)cs2)cs1. The van der Waals surface area contributed by atoms with E-state index in [1.54, 1.807) is 22.7 Å². The quantitative estimate of drug-likeness (QED) is 0.786. The Morgan fingerprint density at radius 3 is 2.56 bits per heavy atom. The normalized spacial score (nSPS) is 13.2. The number of rotatable bonds is 5. The van der Waals surface area contributed by atoms with Crippen LogP contribution in [0.5, 0.6) is 0 Å². The third kappa shape index (κ3) is 3.29. The molecule has 0 saturated heterocycles. The van der Waals surface area contributed by atoms with E-state index in [1.807, 2.05) is 12.3 Å². The number of hydrogen-bond acceptors (Lipinski definition) is 5. The van der Waals surface area contributed by atoms with Gasteiger partial charge in [-0.3, -0.25) is 4.90 Å². The summed E-state index contributed by atoms with van der Waals surface area (Å²) >= 11 is 9.14. The van der Waals surface area contributed by atoms with Crippen LogP contribution in [0.4, 0.5) is 0 Å². The number of halogens is 1. The van der Waals surface area contributed by atoms with E-state index in [4.69, 9.17) is 11.6 Å². The molecule has 0 aliphatic rings. The van der Waals surface area contributed by atoms with Gasteiger partial charge in [0, 0.05) is 17.3 Å². The predicted molar refractivity (Wildman–Crippen MR) is 78.4 cm³/mol. The summed E-state index contributed by atoms with van der Waals surface area (Å²) in [5, 5.41) is 6.37. The Hall–Kier alpha value is -0.490. The lowest BCUT2D eigenvalue weighted by molar-refractivity contribution is 0.250. The Balaban J connectivity index is 2.01. The lowest BCUT2D eigenvalue weighted by Gasteiger charge is -2.21. The van der Waals surface area contributed by atoms with Crippen molar-refractivity contribution in [2.24, 2.45) is 0 Å². The minimum absolute atomic E-state index is 0.286. The molecule has 0 N–H and O–H groups in total. The van der Waals surface area contributed by atoms with E-state index in [-0.39, 0.29) is 6.04 Å². The largest absolute Gasteiger partial charge is 0.291 e. The molecule has 0 bridgehead atoms. The number of aryl methyl sites for hydroxylation is 1. The lowest BCUT2D eigenvalue weighted by atomic mass is 10.3. The summed E-state index contributed by atoms with van der Waals surface area (Å²) in [5.41, 5.74) is 2.09. The Labute approximate surface area is 120 Å². The van der Waals surface area contributed by atoms with Crippen LogP contribution < -0.4 is 0 Å². The van der Waals surface area contributed by atoms with Gasteiger partial charge < -0.3 is 0 Å². The highest BCUT2D eigenvalue weighted by atomic mass is 35.5. The molecule has 0 amide bonds. The summed E-state index contributed by atoms with van der Waals surface area (Å²) in [6.07, 6.45) is 0. The van der Waals surface area contributed by atoms with Crippen molar-refractivity contribution in [2.75, 3.05) is 7.05 Å². The van der Waals surface area contributed by atoms with E-state index in [2.05, 4.69) is 34.2 Å². The average molecular weight is 302 g/mol. The van der Waals surface area contributed by atoms with Crippen molar-refractivity contribution in [1.82, 2.24) is 14.9 Å². The van der Waals surface area contributed by atoms with Gasteiger partial charge in [-0.05, 0) is 20.9 Å². The topological polar surface area (TPSA) is 29.0 Å². The number of hydrogen-bond donors (Lipinski definition) is 0. The van der Waals surface area contributed by atoms with Gasteiger partial charge in [-0.1, -0.05) is 0 Å². The number of nitrogens with zero attached hydrogens (tertiary/aromatic N) is 3. The van der Waals surface area contributed by atoms with E-state index in [0.717, 1.165) is 27.9 Å². The summed E-state index contributed by atoms with van der Waals surface area (Å²) in [5.74, 6) is 0.484. The molecule has 0 aromatic carbocycles. The molecule has 2 aromatic rings. The minimum Gasteiger partial charge on any atom is -0.291 e. The van der Waals surface area contributed by atoms with Crippen molar-refractivity contribution in [3.8, 4) is 0 Å². The van der Waals surface area contributed by atoms with Crippen LogP contribution in [0.2, 0.25) is 0 Å². The molecule has 3 nitrogen and oxygen atoms in total. The summed E-state index contributed by atoms with van der Waals surface area (Å²) in [6.45, 7) is 5.04. The predicted octanol–water partition coefficient (Wildman–Crippen LogP) is 3.84. The van der Waals surface area contributed by atoms with Gasteiger partial charge in [-0.25, -0.2) is 9.97 Å². The van der Waals surface area contributed by atoms with E-state index in [0.29, 0.717) is 5.88 Å². The van der Waals surface area contributed by atoms with Gasteiger partial charge in [0.05, 0.1) is 28.3 Å². The average Bonchev–Trinajstić information content (AvgIpc) is 2.97. The molecule has 0 radical (unpaired) electrons. The molecule has 0 aliphatic heterocycles. The van der Waals surface area contributed by atoms with E-state index < -0.39 is 0 Å². The van der Waals surface area contributed by atoms with Crippen LogP contribution in [0, 0.1) is 6.92 Å². The zero-order chi connectivity index (χ0) is 13.1. The smallest absolute Gasteiger partial charge is 0.110 e. The molecular formula is C12H16ClN3S2. The molecule has 0 aliphatic carbocycles. The summed E-state index contributed by atoms with van der Waals surface area (Å²) in [4.78, 5) is 11.3. The second-order valence-corrected chi connectivity index (χ2v) is 6.48. The highest BCUT2D eigenvalue weighted by Crippen LogP contribution is 2.24.